The van der Waals surface area contributed by atoms with Crippen molar-refractivity contribution in [1.82, 2.24) is 10.0 Å². The van der Waals surface area contributed by atoms with Crippen LogP contribution in [0.1, 0.15) is 20.3 Å². The summed E-state index contributed by atoms with van der Waals surface area (Å²) >= 11 is 0. The van der Waals surface area contributed by atoms with Crippen molar-refractivity contribution in [2.75, 3.05) is 28.2 Å². The Bertz CT molecular complexity index is 182. The maximum atomic E-state index is 4.28. The van der Waals surface area contributed by atoms with Crippen molar-refractivity contribution >= 4 is 11.4 Å². The van der Waals surface area contributed by atoms with E-state index >= 15 is 0 Å². The third-order valence-electron chi connectivity index (χ3n) is 1.25. The third kappa shape index (κ3) is 7.31. The molecule has 0 saturated heterocycles. The Hall–Kier alpha value is -1.06. The quantitative estimate of drug-likeness (QED) is 0.486. The van der Waals surface area contributed by atoms with E-state index in [1.54, 1.807) is 10.0 Å². The monoisotopic (exact) mass is 184 g/mol. The number of hydrazone groups is 2. The second-order valence-electron chi connectivity index (χ2n) is 3.54. The van der Waals surface area contributed by atoms with Gasteiger partial charge in [0, 0.05) is 46.0 Å². The zero-order valence-corrected chi connectivity index (χ0v) is 9.50. The molecule has 0 fully saturated rings. The van der Waals surface area contributed by atoms with Gasteiger partial charge in [-0.2, -0.15) is 10.2 Å². The van der Waals surface area contributed by atoms with E-state index in [9.17, 15) is 0 Å². The van der Waals surface area contributed by atoms with Crippen LogP contribution >= 0.6 is 0 Å². The highest BCUT2D eigenvalue weighted by Crippen LogP contribution is 1.93. The Morgan fingerprint density at radius 2 is 1.15 bits per heavy atom. The molecule has 0 aliphatic heterocycles. The smallest absolute Gasteiger partial charge is 0.0406 e. The molecule has 76 valence electrons. The highest BCUT2D eigenvalue weighted by Gasteiger charge is 1.96. The first-order valence-electron chi connectivity index (χ1n) is 4.34. The molecule has 0 aromatic carbocycles. The highest BCUT2D eigenvalue weighted by atomic mass is 15.4. The molecule has 0 radical (unpaired) electrons. The summed E-state index contributed by atoms with van der Waals surface area (Å²) in [5.74, 6) is 0. The van der Waals surface area contributed by atoms with E-state index in [4.69, 9.17) is 0 Å². The van der Waals surface area contributed by atoms with Crippen LogP contribution in [0.15, 0.2) is 10.2 Å². The van der Waals surface area contributed by atoms with Crippen LogP contribution in [0.4, 0.5) is 0 Å². The molecule has 0 amide bonds. The van der Waals surface area contributed by atoms with Crippen LogP contribution in [-0.4, -0.2) is 49.6 Å². The first-order valence-corrected chi connectivity index (χ1v) is 4.34. The van der Waals surface area contributed by atoms with Crippen molar-refractivity contribution in [2.45, 2.75) is 20.3 Å². The molecule has 0 spiro atoms. The first kappa shape index (κ1) is 11.9. The largest absolute Gasteiger partial charge is 0.303 e. The zero-order valence-electron chi connectivity index (χ0n) is 9.50. The normalized spacial score (nSPS) is 13.1. The Kier molecular flexibility index (Phi) is 5.11. The summed E-state index contributed by atoms with van der Waals surface area (Å²) in [6, 6.07) is 0. The van der Waals surface area contributed by atoms with Gasteiger partial charge in [0.1, 0.15) is 0 Å². The summed E-state index contributed by atoms with van der Waals surface area (Å²) in [5, 5.41) is 12.2. The fraction of sp³-hybridized carbons (Fsp3) is 0.778. The molecule has 0 unspecified atom stereocenters. The molecule has 13 heavy (non-hydrogen) atoms. The second kappa shape index (κ2) is 5.56. The summed E-state index contributed by atoms with van der Waals surface area (Å²) in [7, 11) is 7.67. The van der Waals surface area contributed by atoms with Crippen LogP contribution in [-0.2, 0) is 0 Å². The van der Waals surface area contributed by atoms with E-state index in [0.717, 1.165) is 17.8 Å². The van der Waals surface area contributed by atoms with Gasteiger partial charge in [-0.1, -0.05) is 0 Å². The molecule has 0 aliphatic carbocycles. The lowest BCUT2D eigenvalue weighted by Gasteiger charge is -2.09. The summed E-state index contributed by atoms with van der Waals surface area (Å²) in [5.41, 5.74) is 2.15. The molecule has 0 N–H and O–H groups in total. The molecule has 0 aromatic rings. The number of hydrogen-bond donors (Lipinski definition) is 0. The molecule has 4 heteroatoms. The van der Waals surface area contributed by atoms with E-state index in [2.05, 4.69) is 10.2 Å². The SMILES string of the molecule is C/C(C/C(C)=N/N(C)C)=N\N(C)C. The minimum atomic E-state index is 0.830. The lowest BCUT2D eigenvalue weighted by molar-refractivity contribution is 0.433. The molecule has 0 aliphatic rings. The standard InChI is InChI=1S/C9H20N4/c1-8(10-12(3)4)7-9(2)11-13(5)6/h7H2,1-6H3/b10-8+,11-9+. The van der Waals surface area contributed by atoms with Gasteiger partial charge in [0.25, 0.3) is 0 Å². The van der Waals surface area contributed by atoms with E-state index in [-0.39, 0.29) is 0 Å². The maximum absolute atomic E-state index is 4.28. The molecule has 0 bridgehead atoms. The van der Waals surface area contributed by atoms with Crippen molar-refractivity contribution in [3.05, 3.63) is 0 Å². The molecule has 0 saturated carbocycles. The fourth-order valence-corrected chi connectivity index (χ4v) is 1.12. The highest BCUT2D eigenvalue weighted by molar-refractivity contribution is 6.02. The Morgan fingerprint density at radius 1 is 0.846 bits per heavy atom. The van der Waals surface area contributed by atoms with Crippen molar-refractivity contribution in [1.29, 1.82) is 0 Å². The molecule has 0 heterocycles. The van der Waals surface area contributed by atoms with Crippen LogP contribution in [0, 0.1) is 0 Å². The Morgan fingerprint density at radius 3 is 1.38 bits per heavy atom. The average molecular weight is 184 g/mol. The van der Waals surface area contributed by atoms with Gasteiger partial charge in [0.05, 0.1) is 0 Å². The number of hydrogen-bond acceptors (Lipinski definition) is 4. The summed E-state index contributed by atoms with van der Waals surface area (Å²) < 4.78 is 0. The molecule has 0 rings (SSSR count). The van der Waals surface area contributed by atoms with Gasteiger partial charge in [0.2, 0.25) is 0 Å². The topological polar surface area (TPSA) is 31.2 Å². The molecule has 0 aromatic heterocycles. The first-order chi connectivity index (χ1) is 5.91. The summed E-state index contributed by atoms with van der Waals surface area (Å²) in [4.78, 5) is 0. The van der Waals surface area contributed by atoms with Crippen molar-refractivity contribution in [2.24, 2.45) is 10.2 Å². The van der Waals surface area contributed by atoms with Crippen molar-refractivity contribution in [3.8, 4) is 0 Å². The van der Waals surface area contributed by atoms with E-state index in [0.29, 0.717) is 0 Å². The Labute approximate surface area is 80.9 Å². The van der Waals surface area contributed by atoms with Gasteiger partial charge < -0.3 is 10.0 Å². The van der Waals surface area contributed by atoms with Gasteiger partial charge in [-0.25, -0.2) is 0 Å². The van der Waals surface area contributed by atoms with Crippen molar-refractivity contribution in [3.63, 3.8) is 0 Å². The number of nitrogens with zero attached hydrogens (tertiary/aromatic N) is 4. The van der Waals surface area contributed by atoms with E-state index < -0.39 is 0 Å². The predicted molar refractivity (Wildman–Crippen MR) is 58.2 cm³/mol. The summed E-state index contributed by atoms with van der Waals surface area (Å²) in [6.07, 6.45) is 0.830. The minimum absolute atomic E-state index is 0.830. The van der Waals surface area contributed by atoms with Crippen LogP contribution in [0.25, 0.3) is 0 Å². The maximum Gasteiger partial charge on any atom is 0.0406 e. The lowest BCUT2D eigenvalue weighted by atomic mass is 10.2. The van der Waals surface area contributed by atoms with E-state index in [1.165, 1.54) is 0 Å². The second-order valence-corrected chi connectivity index (χ2v) is 3.54. The third-order valence-corrected chi connectivity index (χ3v) is 1.25. The van der Waals surface area contributed by atoms with Crippen LogP contribution in [0.3, 0.4) is 0 Å². The van der Waals surface area contributed by atoms with Crippen LogP contribution < -0.4 is 0 Å². The lowest BCUT2D eigenvalue weighted by Crippen LogP contribution is -2.12. The zero-order chi connectivity index (χ0) is 10.4. The van der Waals surface area contributed by atoms with Gasteiger partial charge in [-0.3, -0.25) is 0 Å². The predicted octanol–water partition coefficient (Wildman–Crippen LogP) is 1.25. The van der Waals surface area contributed by atoms with Crippen LogP contribution in [0.5, 0.6) is 0 Å². The molecular weight excluding hydrogens is 164 g/mol. The molecule has 4 nitrogen and oxygen atoms in total. The van der Waals surface area contributed by atoms with Gasteiger partial charge >= 0.3 is 0 Å². The molecular formula is C9H20N4. The van der Waals surface area contributed by atoms with Gasteiger partial charge in [-0.15, -0.1) is 0 Å². The van der Waals surface area contributed by atoms with Crippen molar-refractivity contribution < 1.29 is 0 Å². The minimum Gasteiger partial charge on any atom is -0.303 e. The Balaban J connectivity index is 4.13. The fourth-order valence-electron chi connectivity index (χ4n) is 1.12. The average Bonchev–Trinajstić information content (AvgIpc) is 1.80. The molecule has 0 atom stereocenters. The van der Waals surface area contributed by atoms with Gasteiger partial charge in [0.15, 0.2) is 0 Å². The number of rotatable bonds is 4. The summed E-state index contributed by atoms with van der Waals surface area (Å²) in [6.45, 7) is 4.02. The van der Waals surface area contributed by atoms with Crippen LogP contribution in [0.2, 0.25) is 0 Å². The van der Waals surface area contributed by atoms with E-state index in [1.807, 2.05) is 42.0 Å². The van der Waals surface area contributed by atoms with Gasteiger partial charge in [-0.05, 0) is 13.8 Å².